The number of ether oxygens (including phenoxy) is 3. The molecule has 4 rings (SSSR count). The second kappa shape index (κ2) is 8.20. The number of rotatable bonds is 7. The zero-order valence-corrected chi connectivity index (χ0v) is 16.3. The van der Waals surface area contributed by atoms with Crippen molar-refractivity contribution < 1.29 is 19.0 Å². The molecule has 2 aromatic carbocycles. The van der Waals surface area contributed by atoms with Gasteiger partial charge in [-0.2, -0.15) is 0 Å². The lowest BCUT2D eigenvalue weighted by molar-refractivity contribution is -0.122. The van der Waals surface area contributed by atoms with Gasteiger partial charge in [0.25, 0.3) is 0 Å². The van der Waals surface area contributed by atoms with Crippen LogP contribution in [0.2, 0.25) is 0 Å². The van der Waals surface area contributed by atoms with Crippen LogP contribution < -0.4 is 14.8 Å². The number of benzene rings is 2. The minimum absolute atomic E-state index is 0.125. The number of methoxy groups -OCH3 is 2. The average molecular weight is 382 g/mol. The first-order chi connectivity index (χ1) is 13.7. The van der Waals surface area contributed by atoms with Crippen LogP contribution in [-0.2, 0) is 28.9 Å². The molecule has 0 bridgehead atoms. The molecule has 0 saturated carbocycles. The summed E-state index contributed by atoms with van der Waals surface area (Å²) < 4.78 is 16.5. The van der Waals surface area contributed by atoms with Gasteiger partial charge in [0.1, 0.15) is 0 Å². The zero-order chi connectivity index (χ0) is 19.5. The lowest BCUT2D eigenvalue weighted by Gasteiger charge is -2.26. The van der Waals surface area contributed by atoms with E-state index in [2.05, 4.69) is 28.4 Å². The van der Waals surface area contributed by atoms with Gasteiger partial charge < -0.3 is 19.5 Å². The van der Waals surface area contributed by atoms with Crippen LogP contribution in [0.4, 0.5) is 5.69 Å². The van der Waals surface area contributed by atoms with Crippen LogP contribution in [-0.4, -0.2) is 50.8 Å². The molecule has 1 N–H and O–H groups in total. The summed E-state index contributed by atoms with van der Waals surface area (Å²) in [4.78, 5) is 13.7. The van der Waals surface area contributed by atoms with E-state index in [0.717, 1.165) is 31.2 Å². The monoisotopic (exact) mass is 382 g/mol. The van der Waals surface area contributed by atoms with Gasteiger partial charge in [0.15, 0.2) is 24.0 Å². The highest BCUT2D eigenvalue weighted by atomic mass is 16.5. The Labute approximate surface area is 165 Å². The highest BCUT2D eigenvalue weighted by molar-refractivity contribution is 5.57. The molecule has 6 nitrogen and oxygen atoms in total. The molecule has 2 aliphatic heterocycles. The zero-order valence-electron chi connectivity index (χ0n) is 16.3. The first-order valence-corrected chi connectivity index (χ1v) is 9.61. The molecule has 2 atom stereocenters. The number of nitrogens with zero attached hydrogens (tertiary/aromatic N) is 1. The van der Waals surface area contributed by atoms with Crippen LogP contribution in [0.1, 0.15) is 16.7 Å². The first-order valence-electron chi connectivity index (χ1n) is 9.61. The van der Waals surface area contributed by atoms with Gasteiger partial charge in [0, 0.05) is 24.8 Å². The Balaban J connectivity index is 1.52. The molecule has 2 heterocycles. The summed E-state index contributed by atoms with van der Waals surface area (Å²) in [5, 5.41) is 3.39. The van der Waals surface area contributed by atoms with Gasteiger partial charge >= 0.3 is 0 Å². The van der Waals surface area contributed by atoms with Gasteiger partial charge in [-0.15, -0.1) is 0 Å². The van der Waals surface area contributed by atoms with Crippen LogP contribution >= 0.6 is 0 Å². The standard InChI is InChI=1S/C22H26N2O4/c1-26-20-6-4-15(11-21(20)27-2)10-18-14-28-22(13-25)24(18)12-16-3-5-19-17(9-16)7-8-23-19/h3-6,9,11,13,18,22-23H,7-8,10,12,14H2,1-2H3/t18-,22?/m0/s1. The molecule has 1 fully saturated rings. The molecule has 0 amide bonds. The Hall–Kier alpha value is -2.57. The third-order valence-corrected chi connectivity index (χ3v) is 5.54. The molecule has 0 radical (unpaired) electrons. The Morgan fingerprint density at radius 1 is 1.14 bits per heavy atom. The van der Waals surface area contributed by atoms with Crippen molar-refractivity contribution in [3.8, 4) is 11.5 Å². The van der Waals surface area contributed by atoms with Crippen LogP contribution in [0.5, 0.6) is 11.5 Å². The molecule has 1 saturated heterocycles. The van der Waals surface area contributed by atoms with Crippen molar-refractivity contribution in [2.45, 2.75) is 31.7 Å². The Morgan fingerprint density at radius 3 is 2.75 bits per heavy atom. The molecular weight excluding hydrogens is 356 g/mol. The number of fused-ring (bicyclic) bond motifs is 1. The Morgan fingerprint density at radius 2 is 1.96 bits per heavy atom. The third kappa shape index (κ3) is 3.70. The molecule has 1 unspecified atom stereocenters. The number of aldehydes is 1. The number of carbonyl (C=O) groups excluding carboxylic acids is 1. The van der Waals surface area contributed by atoms with E-state index in [4.69, 9.17) is 14.2 Å². The second-order valence-corrected chi connectivity index (χ2v) is 7.25. The lowest BCUT2D eigenvalue weighted by Crippen LogP contribution is -2.38. The average Bonchev–Trinajstić information content (AvgIpc) is 3.34. The Bertz CT molecular complexity index is 854. The van der Waals surface area contributed by atoms with Crippen molar-refractivity contribution in [3.63, 3.8) is 0 Å². The highest BCUT2D eigenvalue weighted by Gasteiger charge is 2.34. The van der Waals surface area contributed by atoms with Gasteiger partial charge in [0.05, 0.1) is 20.8 Å². The summed E-state index contributed by atoms with van der Waals surface area (Å²) in [6.07, 6.45) is 2.21. The maximum atomic E-state index is 11.6. The topological polar surface area (TPSA) is 60.0 Å². The van der Waals surface area contributed by atoms with Crippen molar-refractivity contribution in [3.05, 3.63) is 53.1 Å². The first kappa shape index (κ1) is 18.8. The van der Waals surface area contributed by atoms with Crippen LogP contribution in [0.15, 0.2) is 36.4 Å². The van der Waals surface area contributed by atoms with Gasteiger partial charge in [-0.05, 0) is 47.7 Å². The second-order valence-electron chi connectivity index (χ2n) is 7.25. The predicted octanol–water partition coefficient (Wildman–Crippen LogP) is 2.64. The molecular formula is C22H26N2O4. The number of carbonyl (C=O) groups is 1. The van der Waals surface area contributed by atoms with Gasteiger partial charge in [-0.3, -0.25) is 9.69 Å². The fourth-order valence-corrected chi connectivity index (χ4v) is 4.07. The van der Waals surface area contributed by atoms with Gasteiger partial charge in [-0.25, -0.2) is 0 Å². The Kier molecular flexibility index (Phi) is 5.50. The van der Waals surface area contributed by atoms with E-state index in [1.165, 1.54) is 16.8 Å². The quantitative estimate of drug-likeness (QED) is 0.743. The SMILES string of the molecule is COc1ccc(C[C@H]2COC(C=O)N2Cc2ccc3c(c2)CCN3)cc1OC. The van der Waals surface area contributed by atoms with E-state index in [1.54, 1.807) is 14.2 Å². The molecule has 148 valence electrons. The molecule has 2 aromatic rings. The van der Waals surface area contributed by atoms with E-state index < -0.39 is 6.23 Å². The third-order valence-electron chi connectivity index (χ3n) is 5.54. The van der Waals surface area contributed by atoms with Gasteiger partial charge in [0.2, 0.25) is 0 Å². The summed E-state index contributed by atoms with van der Waals surface area (Å²) in [6.45, 7) is 2.21. The lowest BCUT2D eigenvalue weighted by atomic mass is 10.0. The maximum Gasteiger partial charge on any atom is 0.167 e. The van der Waals surface area contributed by atoms with Crippen molar-refractivity contribution in [2.75, 3.05) is 32.7 Å². The van der Waals surface area contributed by atoms with E-state index in [0.29, 0.717) is 24.7 Å². The van der Waals surface area contributed by atoms with E-state index in [1.807, 2.05) is 18.2 Å². The molecule has 0 spiro atoms. The fourth-order valence-electron chi connectivity index (χ4n) is 4.07. The van der Waals surface area contributed by atoms with E-state index in [9.17, 15) is 4.79 Å². The number of hydrogen-bond acceptors (Lipinski definition) is 6. The fraction of sp³-hybridized carbons (Fsp3) is 0.409. The van der Waals surface area contributed by atoms with Gasteiger partial charge in [-0.1, -0.05) is 18.2 Å². The van der Waals surface area contributed by atoms with E-state index >= 15 is 0 Å². The largest absolute Gasteiger partial charge is 0.493 e. The number of hydrogen-bond donors (Lipinski definition) is 1. The smallest absolute Gasteiger partial charge is 0.167 e. The summed E-state index contributed by atoms with van der Waals surface area (Å²) in [5.74, 6) is 1.42. The molecule has 0 aromatic heterocycles. The predicted molar refractivity (Wildman–Crippen MR) is 107 cm³/mol. The van der Waals surface area contributed by atoms with Crippen molar-refractivity contribution in [1.82, 2.24) is 4.90 Å². The van der Waals surface area contributed by atoms with Crippen LogP contribution in [0.25, 0.3) is 0 Å². The molecule has 2 aliphatic rings. The van der Waals surface area contributed by atoms with Crippen LogP contribution in [0, 0.1) is 0 Å². The summed E-state index contributed by atoms with van der Waals surface area (Å²) >= 11 is 0. The summed E-state index contributed by atoms with van der Waals surface area (Å²) in [5.41, 5.74) is 4.89. The van der Waals surface area contributed by atoms with Crippen LogP contribution in [0.3, 0.4) is 0 Å². The molecule has 0 aliphatic carbocycles. The van der Waals surface area contributed by atoms with E-state index in [-0.39, 0.29) is 6.04 Å². The van der Waals surface area contributed by atoms with Crippen molar-refractivity contribution in [1.29, 1.82) is 0 Å². The molecule has 6 heteroatoms. The highest BCUT2D eigenvalue weighted by Crippen LogP contribution is 2.30. The minimum Gasteiger partial charge on any atom is -0.493 e. The summed E-state index contributed by atoms with van der Waals surface area (Å²) in [6, 6.07) is 12.6. The maximum absolute atomic E-state index is 11.6. The summed E-state index contributed by atoms with van der Waals surface area (Å²) in [7, 11) is 3.27. The minimum atomic E-state index is -0.503. The molecule has 28 heavy (non-hydrogen) atoms. The number of nitrogens with one attached hydrogen (secondary N) is 1. The van der Waals surface area contributed by atoms with Crippen molar-refractivity contribution >= 4 is 12.0 Å². The number of anilines is 1. The normalized spacial score (nSPS) is 21.2. The van der Waals surface area contributed by atoms with Crippen molar-refractivity contribution in [2.24, 2.45) is 0 Å².